The largest absolute Gasteiger partial charge is 0.497 e. The number of thiazole rings is 1. The van der Waals surface area contributed by atoms with Gasteiger partial charge in [0.25, 0.3) is 5.91 Å². The van der Waals surface area contributed by atoms with Crippen molar-refractivity contribution in [1.82, 2.24) is 8.87 Å². The van der Waals surface area contributed by atoms with Crippen LogP contribution < -0.4 is 9.54 Å². The minimum atomic E-state index is -3.91. The topological polar surface area (TPSA) is 129 Å². The van der Waals surface area contributed by atoms with E-state index in [-0.39, 0.29) is 36.4 Å². The molecule has 1 aromatic heterocycles. The van der Waals surface area contributed by atoms with Gasteiger partial charge in [0, 0.05) is 38.0 Å². The third-order valence-electron chi connectivity index (χ3n) is 5.09. The molecule has 3 rings (SSSR count). The van der Waals surface area contributed by atoms with Gasteiger partial charge in [0.15, 0.2) is 4.80 Å². The Labute approximate surface area is 201 Å². The van der Waals surface area contributed by atoms with Crippen molar-refractivity contribution in [2.45, 2.75) is 31.2 Å². The molecule has 0 aliphatic heterocycles. The van der Waals surface area contributed by atoms with Crippen LogP contribution in [0.25, 0.3) is 10.2 Å². The number of sulfonamides is 1. The SMILES string of the molecule is CCn1c(=NC(=O)c2ccc(S(=O)(=O)N(CCC#N)CCC#N)cc2)sc2cc(OC)ccc21. The van der Waals surface area contributed by atoms with Crippen molar-refractivity contribution in [3.63, 3.8) is 0 Å². The summed E-state index contributed by atoms with van der Waals surface area (Å²) in [5.74, 6) is 0.223. The molecule has 1 heterocycles. The molecule has 0 fully saturated rings. The van der Waals surface area contributed by atoms with Crippen molar-refractivity contribution in [3.8, 4) is 17.9 Å². The third kappa shape index (κ3) is 5.34. The van der Waals surface area contributed by atoms with Gasteiger partial charge in [-0.05, 0) is 49.4 Å². The number of aryl methyl sites for hydroxylation is 1. The maximum absolute atomic E-state index is 12.9. The number of benzene rings is 2. The van der Waals surface area contributed by atoms with Crippen molar-refractivity contribution in [2.24, 2.45) is 4.99 Å². The monoisotopic (exact) mass is 497 g/mol. The van der Waals surface area contributed by atoms with E-state index < -0.39 is 15.9 Å². The van der Waals surface area contributed by atoms with Crippen LogP contribution in [0.4, 0.5) is 0 Å². The molecule has 0 saturated carbocycles. The third-order valence-corrected chi connectivity index (χ3v) is 8.04. The van der Waals surface area contributed by atoms with Gasteiger partial charge in [-0.2, -0.15) is 19.8 Å². The van der Waals surface area contributed by atoms with E-state index >= 15 is 0 Å². The second-order valence-corrected chi connectivity index (χ2v) is 10.1. The number of nitriles is 2. The number of fused-ring (bicyclic) bond motifs is 1. The second kappa shape index (κ2) is 11.1. The van der Waals surface area contributed by atoms with Crippen LogP contribution in [0, 0.1) is 22.7 Å². The molecule has 9 nitrogen and oxygen atoms in total. The highest BCUT2D eigenvalue weighted by Crippen LogP contribution is 2.23. The van der Waals surface area contributed by atoms with Crippen molar-refractivity contribution >= 4 is 37.5 Å². The summed E-state index contributed by atoms with van der Waals surface area (Å²) in [5.41, 5.74) is 1.19. The molecule has 2 aromatic carbocycles. The van der Waals surface area contributed by atoms with Gasteiger partial charge < -0.3 is 9.30 Å². The molecule has 0 atom stereocenters. The molecule has 0 aliphatic rings. The molecule has 3 aromatic rings. The molecule has 34 heavy (non-hydrogen) atoms. The molecule has 11 heteroatoms. The van der Waals surface area contributed by atoms with Crippen LogP contribution in [0.15, 0.2) is 52.4 Å². The van der Waals surface area contributed by atoms with Crippen molar-refractivity contribution in [1.29, 1.82) is 10.5 Å². The summed E-state index contributed by atoms with van der Waals surface area (Å²) in [6, 6.07) is 15.0. The standard InChI is InChI=1S/C23H23N5O4S2/c1-3-28-20-11-8-18(32-2)16-21(20)33-23(28)26-22(29)17-6-9-19(10-7-17)34(30,31)27(14-4-12-24)15-5-13-25/h6-11,16H,3-5,14-15H2,1-2H3. The maximum atomic E-state index is 12.9. The van der Waals surface area contributed by atoms with Gasteiger partial charge in [-0.1, -0.05) is 11.3 Å². The van der Waals surface area contributed by atoms with Crippen LogP contribution in [0.1, 0.15) is 30.1 Å². The number of hydrogen-bond donors (Lipinski definition) is 0. The average Bonchev–Trinajstić information content (AvgIpc) is 3.19. The highest BCUT2D eigenvalue weighted by atomic mass is 32.2. The van der Waals surface area contributed by atoms with E-state index in [2.05, 4.69) is 4.99 Å². The minimum absolute atomic E-state index is 0.00965. The van der Waals surface area contributed by atoms with Crippen LogP contribution in [-0.2, 0) is 16.6 Å². The highest BCUT2D eigenvalue weighted by molar-refractivity contribution is 7.89. The number of carbonyl (C=O) groups excluding carboxylic acids is 1. The van der Waals surface area contributed by atoms with Gasteiger partial charge in [0.1, 0.15) is 5.75 Å². The highest BCUT2D eigenvalue weighted by Gasteiger charge is 2.24. The lowest BCUT2D eigenvalue weighted by Gasteiger charge is -2.20. The number of carbonyl (C=O) groups is 1. The summed E-state index contributed by atoms with van der Waals surface area (Å²) >= 11 is 1.37. The molecule has 0 saturated heterocycles. The first kappa shape index (κ1) is 25.1. The van der Waals surface area contributed by atoms with E-state index in [0.29, 0.717) is 17.1 Å². The zero-order chi connectivity index (χ0) is 24.7. The zero-order valence-corrected chi connectivity index (χ0v) is 20.4. The van der Waals surface area contributed by atoms with Crippen LogP contribution in [0.5, 0.6) is 5.75 Å². The van der Waals surface area contributed by atoms with E-state index in [1.165, 1.54) is 35.6 Å². The van der Waals surface area contributed by atoms with Gasteiger partial charge in [0.05, 0.1) is 34.4 Å². The van der Waals surface area contributed by atoms with Crippen LogP contribution in [0.3, 0.4) is 0 Å². The van der Waals surface area contributed by atoms with Gasteiger partial charge in [-0.3, -0.25) is 4.79 Å². The van der Waals surface area contributed by atoms with E-state index in [4.69, 9.17) is 15.3 Å². The fraction of sp³-hybridized carbons (Fsp3) is 0.304. The Morgan fingerprint density at radius 2 is 1.76 bits per heavy atom. The lowest BCUT2D eigenvalue weighted by atomic mass is 10.2. The summed E-state index contributed by atoms with van der Waals surface area (Å²) in [6.07, 6.45) is 0.0250. The number of rotatable bonds is 9. The van der Waals surface area contributed by atoms with Crippen molar-refractivity contribution in [2.75, 3.05) is 20.2 Å². The molecular weight excluding hydrogens is 474 g/mol. The first-order chi connectivity index (χ1) is 16.3. The Balaban J connectivity index is 1.91. The van der Waals surface area contributed by atoms with Crippen molar-refractivity contribution < 1.29 is 17.9 Å². The fourth-order valence-corrected chi connectivity index (χ4v) is 5.91. The molecule has 0 aliphatic carbocycles. The summed E-state index contributed by atoms with van der Waals surface area (Å²) < 4.78 is 35.1. The maximum Gasteiger partial charge on any atom is 0.279 e. The molecule has 0 radical (unpaired) electrons. The smallest absolute Gasteiger partial charge is 0.279 e. The molecule has 0 unspecified atom stereocenters. The number of aromatic nitrogens is 1. The van der Waals surface area contributed by atoms with E-state index in [1.54, 1.807) is 7.11 Å². The van der Waals surface area contributed by atoms with Gasteiger partial charge in [-0.25, -0.2) is 8.42 Å². The number of ether oxygens (including phenoxy) is 1. The molecular formula is C23H23N5O4S2. The molecule has 0 spiro atoms. The zero-order valence-electron chi connectivity index (χ0n) is 18.8. The summed E-state index contributed by atoms with van der Waals surface area (Å²) in [7, 11) is -2.32. The first-order valence-electron chi connectivity index (χ1n) is 10.5. The quantitative estimate of drug-likeness (QED) is 0.446. The fourth-order valence-electron chi connectivity index (χ4n) is 3.34. The predicted octanol–water partition coefficient (Wildman–Crippen LogP) is 3.29. The predicted molar refractivity (Wildman–Crippen MR) is 128 cm³/mol. The van der Waals surface area contributed by atoms with Gasteiger partial charge in [0.2, 0.25) is 10.0 Å². The molecule has 1 amide bonds. The van der Waals surface area contributed by atoms with Gasteiger partial charge in [-0.15, -0.1) is 0 Å². The van der Waals surface area contributed by atoms with E-state index in [1.807, 2.05) is 41.8 Å². The number of nitrogens with zero attached hydrogens (tertiary/aromatic N) is 5. The van der Waals surface area contributed by atoms with Crippen LogP contribution in [0.2, 0.25) is 0 Å². The summed E-state index contributed by atoms with van der Waals surface area (Å²) in [4.78, 5) is 17.6. The van der Waals surface area contributed by atoms with Gasteiger partial charge >= 0.3 is 0 Å². The summed E-state index contributed by atoms with van der Waals surface area (Å²) in [6.45, 7) is 2.56. The van der Waals surface area contributed by atoms with Crippen LogP contribution >= 0.6 is 11.3 Å². The van der Waals surface area contributed by atoms with Crippen LogP contribution in [-0.4, -0.2) is 43.4 Å². The first-order valence-corrected chi connectivity index (χ1v) is 12.7. The number of amides is 1. The van der Waals surface area contributed by atoms with E-state index in [9.17, 15) is 13.2 Å². The molecule has 0 N–H and O–H groups in total. The Morgan fingerprint density at radius 3 is 2.32 bits per heavy atom. The molecule has 0 bridgehead atoms. The Hall–Kier alpha value is -3.51. The Bertz CT molecular complexity index is 1420. The van der Waals surface area contributed by atoms with Crippen molar-refractivity contribution in [3.05, 3.63) is 52.8 Å². The molecule has 176 valence electrons. The minimum Gasteiger partial charge on any atom is -0.497 e. The average molecular weight is 498 g/mol. The lowest BCUT2D eigenvalue weighted by Crippen LogP contribution is -2.32. The number of hydrogen-bond acceptors (Lipinski definition) is 7. The number of methoxy groups -OCH3 is 1. The Kier molecular flexibility index (Phi) is 8.18. The second-order valence-electron chi connectivity index (χ2n) is 7.12. The lowest BCUT2D eigenvalue weighted by molar-refractivity contribution is 0.0997. The van der Waals surface area contributed by atoms with E-state index in [0.717, 1.165) is 14.5 Å². The Morgan fingerprint density at radius 1 is 1.12 bits per heavy atom. The normalized spacial score (nSPS) is 12.0. The summed E-state index contributed by atoms with van der Waals surface area (Å²) in [5, 5.41) is 17.6.